The molecule has 0 bridgehead atoms. The molecular weight excluding hydrogens is 228 g/mol. The van der Waals surface area contributed by atoms with Gasteiger partial charge in [0.1, 0.15) is 0 Å². The van der Waals surface area contributed by atoms with Gasteiger partial charge >= 0.3 is 5.97 Å². The van der Waals surface area contributed by atoms with Gasteiger partial charge in [0.25, 0.3) is 0 Å². The Morgan fingerprint density at radius 3 is 2.17 bits per heavy atom. The zero-order chi connectivity index (χ0) is 13.2. The second-order valence-corrected chi connectivity index (χ2v) is 6.43. The van der Waals surface area contributed by atoms with Gasteiger partial charge in [0.05, 0.1) is 0 Å². The van der Waals surface area contributed by atoms with Gasteiger partial charge in [-0.1, -0.05) is 39.0 Å². The van der Waals surface area contributed by atoms with Gasteiger partial charge in [0.15, 0.2) is 5.60 Å². The molecular formula is C15H26O3. The SMILES string of the molecule is C[C@@H]1CCC[C@H]([C@](O)(C(=O)O)C2CCCCC2)C1. The van der Waals surface area contributed by atoms with Crippen molar-refractivity contribution in [2.45, 2.75) is 70.3 Å². The van der Waals surface area contributed by atoms with Gasteiger partial charge in [-0.25, -0.2) is 4.79 Å². The van der Waals surface area contributed by atoms with E-state index in [0.29, 0.717) is 5.92 Å². The highest BCUT2D eigenvalue weighted by atomic mass is 16.4. The molecule has 0 aromatic carbocycles. The highest BCUT2D eigenvalue weighted by Gasteiger charge is 2.50. The van der Waals surface area contributed by atoms with Crippen molar-refractivity contribution in [2.24, 2.45) is 17.8 Å². The summed E-state index contributed by atoms with van der Waals surface area (Å²) in [5.74, 6) is -0.493. The zero-order valence-corrected chi connectivity index (χ0v) is 11.4. The lowest BCUT2D eigenvalue weighted by Crippen LogP contribution is -2.53. The van der Waals surface area contributed by atoms with Crippen LogP contribution in [0.5, 0.6) is 0 Å². The normalized spacial score (nSPS) is 33.9. The molecule has 3 heteroatoms. The van der Waals surface area contributed by atoms with Crippen molar-refractivity contribution < 1.29 is 15.0 Å². The van der Waals surface area contributed by atoms with E-state index in [9.17, 15) is 15.0 Å². The maximum absolute atomic E-state index is 11.7. The Balaban J connectivity index is 2.16. The van der Waals surface area contributed by atoms with Crippen molar-refractivity contribution in [3.63, 3.8) is 0 Å². The number of carboxylic acid groups (broad SMARTS) is 1. The highest BCUT2D eigenvalue weighted by Crippen LogP contribution is 2.44. The topological polar surface area (TPSA) is 57.5 Å². The zero-order valence-electron chi connectivity index (χ0n) is 11.4. The van der Waals surface area contributed by atoms with Crippen molar-refractivity contribution in [3.05, 3.63) is 0 Å². The van der Waals surface area contributed by atoms with Crippen LogP contribution in [0, 0.1) is 17.8 Å². The molecule has 0 amide bonds. The Hall–Kier alpha value is -0.570. The fourth-order valence-electron chi connectivity index (χ4n) is 4.06. The second kappa shape index (κ2) is 5.60. The van der Waals surface area contributed by atoms with Crippen LogP contribution in [0.15, 0.2) is 0 Å². The van der Waals surface area contributed by atoms with Crippen molar-refractivity contribution in [1.29, 1.82) is 0 Å². The van der Waals surface area contributed by atoms with Crippen molar-refractivity contribution in [3.8, 4) is 0 Å². The predicted octanol–water partition coefficient (Wildman–Crippen LogP) is 3.21. The van der Waals surface area contributed by atoms with Gasteiger partial charge in [0, 0.05) is 0 Å². The summed E-state index contributed by atoms with van der Waals surface area (Å²) in [5.41, 5.74) is -1.46. The average Bonchev–Trinajstić information content (AvgIpc) is 2.38. The fourth-order valence-corrected chi connectivity index (χ4v) is 4.06. The molecule has 0 saturated heterocycles. The van der Waals surface area contributed by atoms with E-state index in [2.05, 4.69) is 6.92 Å². The van der Waals surface area contributed by atoms with E-state index in [0.717, 1.165) is 44.9 Å². The predicted molar refractivity (Wildman–Crippen MR) is 70.3 cm³/mol. The number of rotatable bonds is 3. The van der Waals surface area contributed by atoms with Crippen LogP contribution < -0.4 is 0 Å². The first kappa shape index (κ1) is 13.9. The van der Waals surface area contributed by atoms with Crippen molar-refractivity contribution in [1.82, 2.24) is 0 Å². The van der Waals surface area contributed by atoms with Gasteiger partial charge < -0.3 is 10.2 Å². The second-order valence-electron chi connectivity index (χ2n) is 6.43. The lowest BCUT2D eigenvalue weighted by atomic mass is 9.65. The van der Waals surface area contributed by atoms with Gasteiger partial charge in [-0.3, -0.25) is 0 Å². The minimum atomic E-state index is -1.46. The molecule has 0 radical (unpaired) electrons. The van der Waals surface area contributed by atoms with Gasteiger partial charge in [-0.15, -0.1) is 0 Å². The molecule has 0 unspecified atom stereocenters. The van der Waals surface area contributed by atoms with Gasteiger partial charge in [0.2, 0.25) is 0 Å². The molecule has 0 heterocycles. The molecule has 2 aliphatic carbocycles. The van der Waals surface area contributed by atoms with Crippen LogP contribution in [0.25, 0.3) is 0 Å². The molecule has 18 heavy (non-hydrogen) atoms. The van der Waals surface area contributed by atoms with E-state index in [-0.39, 0.29) is 11.8 Å². The first-order valence-corrected chi connectivity index (χ1v) is 7.51. The van der Waals surface area contributed by atoms with Gasteiger partial charge in [-0.2, -0.15) is 0 Å². The number of aliphatic carboxylic acids is 1. The summed E-state index contributed by atoms with van der Waals surface area (Å²) in [6, 6.07) is 0. The van der Waals surface area contributed by atoms with Crippen LogP contribution >= 0.6 is 0 Å². The first-order chi connectivity index (χ1) is 8.55. The highest BCUT2D eigenvalue weighted by molar-refractivity contribution is 5.78. The summed E-state index contributed by atoms with van der Waals surface area (Å²) in [4.78, 5) is 11.7. The maximum Gasteiger partial charge on any atom is 0.336 e. The quantitative estimate of drug-likeness (QED) is 0.813. The van der Waals surface area contributed by atoms with Gasteiger partial charge in [-0.05, 0) is 43.4 Å². The monoisotopic (exact) mass is 254 g/mol. The average molecular weight is 254 g/mol. The lowest BCUT2D eigenvalue weighted by Gasteiger charge is -2.43. The largest absolute Gasteiger partial charge is 0.479 e. The Morgan fingerprint density at radius 1 is 1.00 bits per heavy atom. The maximum atomic E-state index is 11.7. The number of hydrogen-bond donors (Lipinski definition) is 2. The Morgan fingerprint density at radius 2 is 1.61 bits per heavy atom. The van der Waals surface area contributed by atoms with Crippen LogP contribution in [-0.2, 0) is 4.79 Å². The summed E-state index contributed by atoms with van der Waals surface area (Å²) in [6.07, 6.45) is 9.09. The van der Waals surface area contributed by atoms with Crippen LogP contribution in [0.2, 0.25) is 0 Å². The minimum absolute atomic E-state index is 0.0287. The summed E-state index contributed by atoms with van der Waals surface area (Å²) in [5, 5.41) is 20.4. The molecule has 104 valence electrons. The van der Waals surface area contributed by atoms with E-state index in [1.807, 2.05) is 0 Å². The van der Waals surface area contributed by atoms with E-state index < -0.39 is 11.6 Å². The third-order valence-electron chi connectivity index (χ3n) is 5.13. The molecule has 0 aromatic heterocycles. The smallest absolute Gasteiger partial charge is 0.336 e. The summed E-state index contributed by atoms with van der Waals surface area (Å²) in [6.45, 7) is 2.18. The van der Waals surface area contributed by atoms with Crippen molar-refractivity contribution in [2.75, 3.05) is 0 Å². The number of hydrogen-bond acceptors (Lipinski definition) is 2. The van der Waals surface area contributed by atoms with E-state index in [1.165, 1.54) is 12.8 Å². The lowest BCUT2D eigenvalue weighted by molar-refractivity contribution is -0.178. The Kier molecular flexibility index (Phi) is 4.31. The Bertz CT molecular complexity index is 296. The van der Waals surface area contributed by atoms with Crippen molar-refractivity contribution >= 4 is 5.97 Å². The summed E-state index contributed by atoms with van der Waals surface area (Å²) >= 11 is 0. The molecule has 0 aromatic rings. The molecule has 2 N–H and O–H groups in total. The third-order valence-corrected chi connectivity index (χ3v) is 5.13. The molecule has 2 saturated carbocycles. The van der Waals surface area contributed by atoms with E-state index >= 15 is 0 Å². The number of aliphatic hydroxyl groups is 1. The summed E-state index contributed by atoms with van der Waals surface area (Å²) in [7, 11) is 0. The van der Waals surface area contributed by atoms with Crippen LogP contribution in [0.1, 0.15) is 64.7 Å². The number of carboxylic acids is 1. The first-order valence-electron chi connectivity index (χ1n) is 7.51. The molecule has 2 aliphatic rings. The molecule has 3 nitrogen and oxygen atoms in total. The standard InChI is InChI=1S/C15H26O3/c1-11-6-5-9-13(10-11)15(18,14(16)17)12-7-3-2-4-8-12/h11-13,18H,2-10H2,1H3,(H,16,17)/t11-,13+,15+/m1/s1. The fraction of sp³-hybridized carbons (Fsp3) is 0.933. The number of carbonyl (C=O) groups is 1. The molecule has 2 rings (SSSR count). The molecule has 0 spiro atoms. The minimum Gasteiger partial charge on any atom is -0.479 e. The van der Waals surface area contributed by atoms with Crippen LogP contribution in [0.3, 0.4) is 0 Å². The summed E-state index contributed by atoms with van der Waals surface area (Å²) < 4.78 is 0. The van der Waals surface area contributed by atoms with Crippen LogP contribution in [0.4, 0.5) is 0 Å². The van der Waals surface area contributed by atoms with E-state index in [4.69, 9.17) is 0 Å². The molecule has 2 fully saturated rings. The molecule has 3 atom stereocenters. The van der Waals surface area contributed by atoms with Crippen LogP contribution in [-0.4, -0.2) is 21.8 Å². The van der Waals surface area contributed by atoms with E-state index in [1.54, 1.807) is 0 Å². The third kappa shape index (κ3) is 2.56. The molecule has 0 aliphatic heterocycles. The Labute approximate surface area is 110 Å².